The number of unbranched alkanes of at least 4 members (excludes halogenated alkanes) is 1. The van der Waals surface area contributed by atoms with Crippen LogP contribution in [0.1, 0.15) is 53.4 Å². The Morgan fingerprint density at radius 2 is 2.00 bits per heavy atom. The first-order valence-electron chi connectivity index (χ1n) is 6.83. The van der Waals surface area contributed by atoms with Gasteiger partial charge >= 0.3 is 0 Å². The molecule has 1 aliphatic heterocycles. The molecule has 2 nitrogen and oxygen atoms in total. The molecule has 4 unspecified atom stereocenters. The summed E-state index contributed by atoms with van der Waals surface area (Å²) in [6.45, 7) is 9.07. The Kier molecular flexibility index (Phi) is 5.75. The van der Waals surface area contributed by atoms with Crippen LogP contribution in [0.2, 0.25) is 0 Å². The molecule has 0 spiro atoms. The van der Waals surface area contributed by atoms with Gasteiger partial charge in [0.15, 0.2) is 0 Å². The van der Waals surface area contributed by atoms with Crippen LogP contribution >= 0.6 is 11.6 Å². The van der Waals surface area contributed by atoms with E-state index in [1.165, 1.54) is 12.8 Å². The second kappa shape index (κ2) is 6.40. The fourth-order valence-electron chi connectivity index (χ4n) is 2.54. The van der Waals surface area contributed by atoms with E-state index in [-0.39, 0.29) is 16.9 Å². The average molecular weight is 262 g/mol. The minimum atomic E-state index is 0.102. The third kappa shape index (κ3) is 4.11. The number of methoxy groups -OCH3 is 1. The molecule has 0 aromatic rings. The first-order chi connectivity index (χ1) is 7.90. The zero-order chi connectivity index (χ0) is 13.1. The van der Waals surface area contributed by atoms with Gasteiger partial charge in [0.25, 0.3) is 0 Å². The van der Waals surface area contributed by atoms with E-state index in [0.717, 1.165) is 12.8 Å². The normalized spacial score (nSPS) is 34.9. The molecule has 0 aliphatic carbocycles. The van der Waals surface area contributed by atoms with Crippen molar-refractivity contribution in [3.63, 3.8) is 0 Å². The maximum Gasteiger partial charge on any atom is 0.0765 e. The SMILES string of the molecule is CCCCC1NC(C(C)(C)C)CC(OC)C1Cl. The standard InChI is InChI=1S/C14H28ClNO/c1-6-7-8-10-13(15)11(17-5)9-12(16-10)14(2,3)4/h10-13,16H,6-9H2,1-5H3. The Hall–Kier alpha value is 0.210. The van der Waals surface area contributed by atoms with Gasteiger partial charge in [-0.1, -0.05) is 40.5 Å². The Labute approximate surface area is 111 Å². The fraction of sp³-hybridized carbons (Fsp3) is 1.00. The van der Waals surface area contributed by atoms with Crippen molar-refractivity contribution in [1.29, 1.82) is 0 Å². The molecule has 1 saturated heterocycles. The molecular formula is C14H28ClNO. The highest BCUT2D eigenvalue weighted by Crippen LogP contribution is 2.32. The molecule has 1 heterocycles. The van der Waals surface area contributed by atoms with Gasteiger partial charge < -0.3 is 10.1 Å². The first kappa shape index (κ1) is 15.3. The van der Waals surface area contributed by atoms with E-state index < -0.39 is 0 Å². The van der Waals surface area contributed by atoms with E-state index in [0.29, 0.717) is 12.1 Å². The Bertz CT molecular complexity index is 227. The van der Waals surface area contributed by atoms with Gasteiger partial charge in [-0.3, -0.25) is 0 Å². The monoisotopic (exact) mass is 261 g/mol. The molecule has 1 fully saturated rings. The number of piperidine rings is 1. The largest absolute Gasteiger partial charge is 0.380 e. The van der Waals surface area contributed by atoms with Crippen LogP contribution in [0.5, 0.6) is 0 Å². The number of nitrogens with one attached hydrogen (secondary N) is 1. The zero-order valence-corrected chi connectivity index (χ0v) is 12.7. The smallest absolute Gasteiger partial charge is 0.0765 e. The minimum absolute atomic E-state index is 0.102. The van der Waals surface area contributed by atoms with Gasteiger partial charge in [0.1, 0.15) is 0 Å². The number of ether oxygens (including phenoxy) is 1. The molecular weight excluding hydrogens is 234 g/mol. The van der Waals surface area contributed by atoms with E-state index in [1.54, 1.807) is 7.11 Å². The minimum Gasteiger partial charge on any atom is -0.380 e. The molecule has 0 aromatic carbocycles. The second-order valence-electron chi connectivity index (χ2n) is 6.29. The number of halogens is 1. The number of alkyl halides is 1. The summed E-state index contributed by atoms with van der Waals surface area (Å²) in [5.74, 6) is 0. The highest BCUT2D eigenvalue weighted by Gasteiger charge is 2.40. The number of rotatable bonds is 4. The topological polar surface area (TPSA) is 21.3 Å². The lowest BCUT2D eigenvalue weighted by molar-refractivity contribution is 0.0264. The van der Waals surface area contributed by atoms with Crippen LogP contribution in [0.25, 0.3) is 0 Å². The van der Waals surface area contributed by atoms with E-state index >= 15 is 0 Å². The summed E-state index contributed by atoms with van der Waals surface area (Å²) in [6, 6.07) is 0.879. The van der Waals surface area contributed by atoms with Crippen LogP contribution in [0, 0.1) is 5.41 Å². The summed E-state index contributed by atoms with van der Waals surface area (Å²) >= 11 is 6.51. The fourth-order valence-corrected chi connectivity index (χ4v) is 2.94. The van der Waals surface area contributed by atoms with Crippen LogP contribution in [-0.2, 0) is 4.74 Å². The summed E-state index contributed by atoms with van der Waals surface area (Å²) in [4.78, 5) is 0. The summed E-state index contributed by atoms with van der Waals surface area (Å²) < 4.78 is 5.57. The molecule has 0 aromatic heterocycles. The van der Waals surface area contributed by atoms with Crippen molar-refractivity contribution < 1.29 is 4.74 Å². The predicted molar refractivity (Wildman–Crippen MR) is 74.7 cm³/mol. The van der Waals surface area contributed by atoms with Crippen molar-refractivity contribution in [2.24, 2.45) is 5.41 Å². The van der Waals surface area contributed by atoms with E-state index in [9.17, 15) is 0 Å². The van der Waals surface area contributed by atoms with Crippen LogP contribution in [-0.4, -0.2) is 30.7 Å². The van der Waals surface area contributed by atoms with Crippen LogP contribution < -0.4 is 5.32 Å². The van der Waals surface area contributed by atoms with E-state index in [4.69, 9.17) is 16.3 Å². The molecule has 17 heavy (non-hydrogen) atoms. The van der Waals surface area contributed by atoms with Gasteiger partial charge in [-0.25, -0.2) is 0 Å². The van der Waals surface area contributed by atoms with E-state index in [1.807, 2.05) is 0 Å². The average Bonchev–Trinajstić information content (AvgIpc) is 2.26. The number of hydrogen-bond donors (Lipinski definition) is 1. The molecule has 0 radical (unpaired) electrons. The lowest BCUT2D eigenvalue weighted by Gasteiger charge is -2.44. The van der Waals surface area contributed by atoms with Crippen LogP contribution in [0.3, 0.4) is 0 Å². The van der Waals surface area contributed by atoms with Gasteiger partial charge in [0.2, 0.25) is 0 Å². The lowest BCUT2D eigenvalue weighted by Crippen LogP contribution is -2.59. The molecule has 4 atom stereocenters. The highest BCUT2D eigenvalue weighted by molar-refractivity contribution is 6.21. The molecule has 3 heteroatoms. The van der Waals surface area contributed by atoms with Crippen molar-refractivity contribution in [2.75, 3.05) is 7.11 Å². The van der Waals surface area contributed by atoms with Gasteiger partial charge in [-0.2, -0.15) is 0 Å². The second-order valence-corrected chi connectivity index (χ2v) is 6.79. The van der Waals surface area contributed by atoms with Crippen molar-refractivity contribution in [3.8, 4) is 0 Å². The molecule has 0 saturated carbocycles. The Balaban J connectivity index is 2.68. The Morgan fingerprint density at radius 1 is 1.35 bits per heavy atom. The molecule has 0 bridgehead atoms. The van der Waals surface area contributed by atoms with Gasteiger partial charge in [-0.05, 0) is 18.3 Å². The summed E-state index contributed by atoms with van der Waals surface area (Å²) in [5.41, 5.74) is 0.262. The molecule has 102 valence electrons. The summed E-state index contributed by atoms with van der Waals surface area (Å²) in [6.07, 6.45) is 4.80. The van der Waals surface area contributed by atoms with Crippen molar-refractivity contribution in [2.45, 2.75) is 76.9 Å². The summed E-state index contributed by atoms with van der Waals surface area (Å²) in [7, 11) is 1.78. The van der Waals surface area contributed by atoms with Gasteiger partial charge in [-0.15, -0.1) is 11.6 Å². The van der Waals surface area contributed by atoms with Crippen molar-refractivity contribution in [3.05, 3.63) is 0 Å². The van der Waals surface area contributed by atoms with Gasteiger partial charge in [0, 0.05) is 19.2 Å². The summed E-state index contributed by atoms with van der Waals surface area (Å²) in [5, 5.41) is 3.83. The quantitative estimate of drug-likeness (QED) is 0.781. The maximum atomic E-state index is 6.51. The maximum absolute atomic E-state index is 6.51. The predicted octanol–water partition coefficient (Wildman–Crippen LogP) is 3.58. The lowest BCUT2D eigenvalue weighted by atomic mass is 9.78. The Morgan fingerprint density at radius 3 is 2.47 bits per heavy atom. The highest BCUT2D eigenvalue weighted by atomic mass is 35.5. The van der Waals surface area contributed by atoms with Crippen molar-refractivity contribution in [1.82, 2.24) is 5.32 Å². The van der Waals surface area contributed by atoms with Gasteiger partial charge in [0.05, 0.1) is 11.5 Å². The third-order valence-corrected chi connectivity index (χ3v) is 4.42. The zero-order valence-electron chi connectivity index (χ0n) is 11.9. The number of hydrogen-bond acceptors (Lipinski definition) is 2. The molecule has 1 aliphatic rings. The van der Waals surface area contributed by atoms with Crippen LogP contribution in [0.4, 0.5) is 0 Å². The molecule has 1 rings (SSSR count). The van der Waals surface area contributed by atoms with Crippen molar-refractivity contribution >= 4 is 11.6 Å². The van der Waals surface area contributed by atoms with Crippen LogP contribution in [0.15, 0.2) is 0 Å². The molecule has 0 amide bonds. The molecule has 1 N–H and O–H groups in total. The third-order valence-electron chi connectivity index (χ3n) is 3.84. The first-order valence-corrected chi connectivity index (χ1v) is 7.26. The van der Waals surface area contributed by atoms with E-state index in [2.05, 4.69) is 33.0 Å².